The molecule has 0 fully saturated rings. The van der Waals surface area contributed by atoms with Crippen LogP contribution in [0.5, 0.6) is 0 Å². The number of hydrogen-bond donors (Lipinski definition) is 1. The predicted molar refractivity (Wildman–Crippen MR) is 114 cm³/mol. The van der Waals surface area contributed by atoms with Gasteiger partial charge < -0.3 is 4.42 Å². The zero-order chi connectivity index (χ0) is 19.2. The standard InChI is InChI=1S/C20H17ClN2O2S2/c1-3-15-10-19(25-18(15)4-2)27(24)23-17-11-16(21)12-22-20(17)26-13-14-8-6-5-7-9-14/h3-12,23H,1-2,13H2. The number of anilines is 1. The van der Waals surface area contributed by atoms with Gasteiger partial charge in [-0.1, -0.05) is 72.9 Å². The van der Waals surface area contributed by atoms with E-state index in [2.05, 4.69) is 22.9 Å². The molecule has 1 atom stereocenters. The summed E-state index contributed by atoms with van der Waals surface area (Å²) in [5.74, 6) is 1.26. The first-order valence-electron chi connectivity index (χ1n) is 8.00. The van der Waals surface area contributed by atoms with Gasteiger partial charge in [0.05, 0.1) is 10.7 Å². The highest BCUT2D eigenvalue weighted by Crippen LogP contribution is 2.31. The van der Waals surface area contributed by atoms with Crippen LogP contribution in [0, 0.1) is 0 Å². The van der Waals surface area contributed by atoms with Crippen molar-refractivity contribution in [2.75, 3.05) is 4.72 Å². The van der Waals surface area contributed by atoms with Gasteiger partial charge in [0.2, 0.25) is 5.09 Å². The van der Waals surface area contributed by atoms with Gasteiger partial charge in [0.15, 0.2) is 11.0 Å². The van der Waals surface area contributed by atoms with Crippen molar-refractivity contribution in [3.63, 3.8) is 0 Å². The number of halogens is 1. The van der Waals surface area contributed by atoms with E-state index in [0.29, 0.717) is 21.5 Å². The molecule has 3 rings (SSSR count). The van der Waals surface area contributed by atoms with Crippen molar-refractivity contribution in [1.82, 2.24) is 4.98 Å². The van der Waals surface area contributed by atoms with Crippen molar-refractivity contribution in [2.45, 2.75) is 15.9 Å². The summed E-state index contributed by atoms with van der Waals surface area (Å²) < 4.78 is 21.2. The fourth-order valence-corrected chi connectivity index (χ4v) is 4.26. The Bertz CT molecular complexity index is 961. The topological polar surface area (TPSA) is 55.1 Å². The maximum atomic E-state index is 12.7. The van der Waals surface area contributed by atoms with Crippen LogP contribution >= 0.6 is 23.4 Å². The van der Waals surface area contributed by atoms with Gasteiger partial charge in [-0.05, 0) is 17.7 Å². The smallest absolute Gasteiger partial charge is 0.212 e. The number of rotatable bonds is 8. The predicted octanol–water partition coefficient (Wildman–Crippen LogP) is 6.04. The van der Waals surface area contributed by atoms with Crippen LogP contribution in [0.4, 0.5) is 5.69 Å². The number of hydrogen-bond acceptors (Lipinski definition) is 4. The minimum atomic E-state index is -1.62. The Balaban J connectivity index is 1.80. The number of thioether (sulfide) groups is 1. The van der Waals surface area contributed by atoms with Gasteiger partial charge >= 0.3 is 0 Å². The fraction of sp³-hybridized carbons (Fsp3) is 0.0500. The molecule has 2 heterocycles. The summed E-state index contributed by atoms with van der Waals surface area (Å²) in [5.41, 5.74) is 2.49. The molecule has 0 saturated heterocycles. The number of furan rings is 1. The molecule has 0 spiro atoms. The summed E-state index contributed by atoms with van der Waals surface area (Å²) >= 11 is 7.61. The Morgan fingerprint density at radius 3 is 2.67 bits per heavy atom. The van der Waals surface area contributed by atoms with Crippen molar-refractivity contribution in [1.29, 1.82) is 0 Å². The molecule has 0 saturated carbocycles. The lowest BCUT2D eigenvalue weighted by Crippen LogP contribution is -2.05. The molecule has 1 aromatic carbocycles. The second kappa shape index (κ2) is 9.08. The Kier molecular flexibility index (Phi) is 6.55. The molecule has 1 N–H and O–H groups in total. The van der Waals surface area contributed by atoms with Crippen molar-refractivity contribution >= 4 is 52.2 Å². The van der Waals surface area contributed by atoms with E-state index >= 15 is 0 Å². The largest absolute Gasteiger partial charge is 0.445 e. The van der Waals surface area contributed by atoms with Gasteiger partial charge in [0.25, 0.3) is 0 Å². The van der Waals surface area contributed by atoms with Crippen LogP contribution in [0.25, 0.3) is 12.2 Å². The van der Waals surface area contributed by atoms with Gasteiger partial charge in [0, 0.05) is 23.6 Å². The van der Waals surface area contributed by atoms with Gasteiger partial charge in [0.1, 0.15) is 10.8 Å². The Hall–Kier alpha value is -2.28. The molecule has 0 bridgehead atoms. The van der Waals surface area contributed by atoms with Gasteiger partial charge in [-0.25, -0.2) is 9.19 Å². The van der Waals surface area contributed by atoms with E-state index in [4.69, 9.17) is 16.0 Å². The maximum absolute atomic E-state index is 12.7. The highest BCUT2D eigenvalue weighted by atomic mass is 35.5. The molecular weight excluding hydrogens is 400 g/mol. The zero-order valence-corrected chi connectivity index (χ0v) is 16.7. The van der Waals surface area contributed by atoms with Crippen LogP contribution in [0.1, 0.15) is 16.9 Å². The molecule has 0 radical (unpaired) electrons. The molecule has 4 nitrogen and oxygen atoms in total. The van der Waals surface area contributed by atoms with Crippen LogP contribution in [-0.2, 0) is 16.7 Å². The first-order valence-corrected chi connectivity index (χ1v) is 10.5. The molecule has 0 aliphatic heterocycles. The Morgan fingerprint density at radius 2 is 2.00 bits per heavy atom. The van der Waals surface area contributed by atoms with E-state index in [1.807, 2.05) is 30.3 Å². The van der Waals surface area contributed by atoms with E-state index in [1.54, 1.807) is 30.5 Å². The summed E-state index contributed by atoms with van der Waals surface area (Å²) in [5, 5.41) is 1.44. The molecule has 7 heteroatoms. The average molecular weight is 417 g/mol. The summed E-state index contributed by atoms with van der Waals surface area (Å²) in [6, 6.07) is 13.4. The van der Waals surface area contributed by atoms with E-state index < -0.39 is 11.0 Å². The summed E-state index contributed by atoms with van der Waals surface area (Å²) in [7, 11) is -1.62. The molecule has 0 aliphatic carbocycles. The quantitative estimate of drug-likeness (QED) is 0.455. The molecule has 2 aromatic heterocycles. The summed E-state index contributed by atoms with van der Waals surface area (Å²) in [4.78, 5) is 4.37. The Morgan fingerprint density at radius 1 is 1.22 bits per heavy atom. The molecule has 0 aliphatic rings. The van der Waals surface area contributed by atoms with Crippen molar-refractivity contribution in [2.24, 2.45) is 0 Å². The van der Waals surface area contributed by atoms with Crippen molar-refractivity contribution in [3.8, 4) is 0 Å². The normalized spacial score (nSPS) is 11.7. The SMILES string of the molecule is C=Cc1cc(S(=O)Nc2cc(Cl)cnc2SCc2ccccc2)oc1C=C. The minimum absolute atomic E-state index is 0.277. The van der Waals surface area contributed by atoms with E-state index in [9.17, 15) is 4.21 Å². The second-order valence-electron chi connectivity index (χ2n) is 5.44. The average Bonchev–Trinajstić information content (AvgIpc) is 3.12. The number of pyridine rings is 1. The second-order valence-corrected chi connectivity index (χ2v) is 7.99. The minimum Gasteiger partial charge on any atom is -0.445 e. The van der Waals surface area contributed by atoms with Crippen LogP contribution < -0.4 is 4.72 Å². The van der Waals surface area contributed by atoms with E-state index in [0.717, 1.165) is 11.3 Å². The van der Waals surface area contributed by atoms with Crippen LogP contribution in [0.3, 0.4) is 0 Å². The molecule has 1 unspecified atom stereocenters. The molecule has 0 amide bonds. The first kappa shape index (κ1) is 19.5. The van der Waals surface area contributed by atoms with E-state index in [1.165, 1.54) is 17.3 Å². The molecular formula is C20H17ClN2O2S2. The number of nitrogens with one attached hydrogen (secondary N) is 1. The number of nitrogens with zero attached hydrogens (tertiary/aromatic N) is 1. The zero-order valence-electron chi connectivity index (χ0n) is 14.4. The lowest BCUT2D eigenvalue weighted by atomic mass is 10.2. The van der Waals surface area contributed by atoms with Crippen molar-refractivity contribution < 1.29 is 8.63 Å². The lowest BCUT2D eigenvalue weighted by molar-refractivity contribution is 0.458. The van der Waals surface area contributed by atoms with Gasteiger partial charge in [-0.2, -0.15) is 0 Å². The third-order valence-corrected chi connectivity index (χ3v) is 5.85. The number of benzene rings is 1. The Labute approximate surface area is 169 Å². The summed E-state index contributed by atoms with van der Waals surface area (Å²) in [6.07, 6.45) is 4.75. The lowest BCUT2D eigenvalue weighted by Gasteiger charge is -2.10. The van der Waals surface area contributed by atoms with Gasteiger partial charge in [-0.3, -0.25) is 4.72 Å². The summed E-state index contributed by atoms with van der Waals surface area (Å²) in [6.45, 7) is 7.40. The first-order chi connectivity index (χ1) is 13.1. The fourth-order valence-electron chi connectivity index (χ4n) is 2.30. The van der Waals surface area contributed by atoms with E-state index in [-0.39, 0.29) is 5.09 Å². The highest BCUT2D eigenvalue weighted by Gasteiger charge is 2.15. The molecule has 27 heavy (non-hydrogen) atoms. The third kappa shape index (κ3) is 4.91. The van der Waals surface area contributed by atoms with Crippen LogP contribution in [0.2, 0.25) is 5.02 Å². The number of aromatic nitrogens is 1. The van der Waals surface area contributed by atoms with Crippen LogP contribution in [0.15, 0.2) is 76.4 Å². The highest BCUT2D eigenvalue weighted by molar-refractivity contribution is 7.98. The van der Waals surface area contributed by atoms with Crippen LogP contribution in [-0.4, -0.2) is 9.19 Å². The monoisotopic (exact) mass is 416 g/mol. The molecule has 3 aromatic rings. The van der Waals surface area contributed by atoms with Gasteiger partial charge in [-0.15, -0.1) is 0 Å². The maximum Gasteiger partial charge on any atom is 0.212 e. The third-order valence-electron chi connectivity index (χ3n) is 3.60. The van der Waals surface area contributed by atoms with Crippen molar-refractivity contribution in [3.05, 3.63) is 83.7 Å². The molecule has 138 valence electrons.